The molecule has 1 atom stereocenters. The third-order valence-corrected chi connectivity index (χ3v) is 3.56. The van der Waals surface area contributed by atoms with Gasteiger partial charge in [0.05, 0.1) is 5.52 Å². The van der Waals surface area contributed by atoms with Crippen LogP contribution < -0.4 is 0 Å². The van der Waals surface area contributed by atoms with Crippen molar-refractivity contribution in [2.24, 2.45) is 0 Å². The molecule has 0 aliphatic rings. The average molecular weight is 252 g/mol. The number of nitrogens with one attached hydrogen (secondary N) is 1. The molecule has 2 heteroatoms. The Morgan fingerprint density at radius 3 is 2.58 bits per heavy atom. The number of aromatic amines is 1. The van der Waals surface area contributed by atoms with E-state index < -0.39 is 0 Å². The number of hydrogen-bond acceptors (Lipinski definition) is 0. The van der Waals surface area contributed by atoms with Crippen molar-refractivity contribution in [2.75, 3.05) is 0 Å². The normalized spacial score (nSPS) is 12.7. The van der Waals surface area contributed by atoms with Gasteiger partial charge in [0.2, 0.25) is 0 Å². The first-order valence-electron chi connectivity index (χ1n) is 6.41. The number of rotatable bonds is 3. The molecule has 0 saturated heterocycles. The molecular formula is C17H15FN. The molecule has 1 N–H and O–H groups in total. The van der Waals surface area contributed by atoms with E-state index in [4.69, 9.17) is 0 Å². The Morgan fingerprint density at radius 1 is 1.05 bits per heavy atom. The second-order valence-electron chi connectivity index (χ2n) is 4.66. The fourth-order valence-electron chi connectivity index (χ4n) is 2.61. The number of para-hydroxylation sites is 1. The third-order valence-electron chi connectivity index (χ3n) is 3.56. The molecule has 0 bridgehead atoms. The molecule has 0 aliphatic carbocycles. The van der Waals surface area contributed by atoms with E-state index >= 15 is 0 Å². The Bertz CT molecular complexity index is 685. The van der Waals surface area contributed by atoms with Gasteiger partial charge in [0.25, 0.3) is 0 Å². The Morgan fingerprint density at radius 2 is 1.84 bits per heavy atom. The molecular weight excluding hydrogens is 237 g/mol. The lowest BCUT2D eigenvalue weighted by Crippen LogP contribution is -1.98. The Hall–Kier alpha value is -2.09. The topological polar surface area (TPSA) is 15.8 Å². The van der Waals surface area contributed by atoms with Gasteiger partial charge in [-0.3, -0.25) is 0 Å². The summed E-state index contributed by atoms with van der Waals surface area (Å²) in [4.78, 5) is 3.04. The van der Waals surface area contributed by atoms with Crippen molar-refractivity contribution in [1.29, 1.82) is 0 Å². The summed E-state index contributed by atoms with van der Waals surface area (Å²) >= 11 is 0. The van der Waals surface area contributed by atoms with Gasteiger partial charge in [-0.15, -0.1) is 0 Å². The Kier molecular flexibility index (Phi) is 3.08. The van der Waals surface area contributed by atoms with E-state index in [1.165, 1.54) is 11.6 Å². The zero-order valence-corrected chi connectivity index (χ0v) is 10.6. The minimum absolute atomic E-state index is 0.191. The second-order valence-corrected chi connectivity index (χ2v) is 4.66. The van der Waals surface area contributed by atoms with E-state index in [-0.39, 0.29) is 11.7 Å². The summed E-state index contributed by atoms with van der Waals surface area (Å²) in [7, 11) is 0. The number of hydrogen-bond donors (Lipinski definition) is 1. The van der Waals surface area contributed by atoms with E-state index in [2.05, 4.69) is 24.0 Å². The van der Waals surface area contributed by atoms with Crippen molar-refractivity contribution in [1.82, 2.24) is 4.98 Å². The third kappa shape index (κ3) is 2.03. The summed E-state index contributed by atoms with van der Waals surface area (Å²) in [5, 5.41) is 0.942. The summed E-state index contributed by atoms with van der Waals surface area (Å²) in [5.74, 6) is -0.0172. The van der Waals surface area contributed by atoms with Crippen LogP contribution in [0.2, 0.25) is 0 Å². The summed E-state index contributed by atoms with van der Waals surface area (Å²) in [6.45, 7) is 4.04. The van der Waals surface area contributed by atoms with E-state index in [9.17, 15) is 4.39 Å². The zero-order valence-electron chi connectivity index (χ0n) is 10.6. The zero-order chi connectivity index (χ0) is 13.2. The fraction of sp³-hybridized carbons (Fsp3) is 0.118. The van der Waals surface area contributed by atoms with Crippen LogP contribution in [-0.4, -0.2) is 4.98 Å². The molecule has 1 unspecified atom stereocenters. The van der Waals surface area contributed by atoms with Crippen LogP contribution in [0.25, 0.3) is 10.9 Å². The SMILES string of the molecule is [CH2]CC(c1ccccc1)c1c[nH]c2c(F)cccc12. The van der Waals surface area contributed by atoms with Gasteiger partial charge < -0.3 is 4.98 Å². The van der Waals surface area contributed by atoms with Crippen LogP contribution >= 0.6 is 0 Å². The van der Waals surface area contributed by atoms with Gasteiger partial charge in [-0.25, -0.2) is 4.39 Å². The van der Waals surface area contributed by atoms with Crippen LogP contribution in [0.5, 0.6) is 0 Å². The molecule has 0 spiro atoms. The quantitative estimate of drug-likeness (QED) is 0.697. The maximum atomic E-state index is 13.7. The first-order chi connectivity index (χ1) is 9.31. The maximum Gasteiger partial charge on any atom is 0.147 e. The highest BCUT2D eigenvalue weighted by atomic mass is 19.1. The molecule has 19 heavy (non-hydrogen) atoms. The second kappa shape index (κ2) is 4.88. The Labute approximate surface area is 112 Å². The van der Waals surface area contributed by atoms with Crippen LogP contribution in [0, 0.1) is 12.7 Å². The molecule has 3 rings (SSSR count). The van der Waals surface area contributed by atoms with Gasteiger partial charge in [0.1, 0.15) is 5.82 Å². The monoisotopic (exact) mass is 252 g/mol. The van der Waals surface area contributed by atoms with Gasteiger partial charge in [0.15, 0.2) is 0 Å². The van der Waals surface area contributed by atoms with Crippen LogP contribution in [0.3, 0.4) is 0 Å². The largest absolute Gasteiger partial charge is 0.358 e. The summed E-state index contributed by atoms with van der Waals surface area (Å²) < 4.78 is 13.7. The van der Waals surface area contributed by atoms with Gasteiger partial charge in [-0.05, 0) is 23.6 Å². The Balaban J connectivity index is 2.15. The first kappa shape index (κ1) is 12.0. The van der Waals surface area contributed by atoms with Gasteiger partial charge >= 0.3 is 0 Å². The molecule has 1 nitrogen and oxygen atoms in total. The molecule has 0 fully saturated rings. The smallest absolute Gasteiger partial charge is 0.147 e. The van der Waals surface area contributed by atoms with Crippen molar-refractivity contribution in [2.45, 2.75) is 12.3 Å². The van der Waals surface area contributed by atoms with Crippen molar-refractivity contribution in [3.05, 3.63) is 78.6 Å². The summed E-state index contributed by atoms with van der Waals surface area (Å²) in [5.41, 5.74) is 2.89. The molecule has 2 aromatic carbocycles. The van der Waals surface area contributed by atoms with Gasteiger partial charge in [-0.1, -0.05) is 49.4 Å². The van der Waals surface area contributed by atoms with Crippen molar-refractivity contribution >= 4 is 10.9 Å². The van der Waals surface area contributed by atoms with Crippen molar-refractivity contribution < 1.29 is 4.39 Å². The number of benzene rings is 2. The molecule has 3 aromatic rings. The van der Waals surface area contributed by atoms with Gasteiger partial charge in [0, 0.05) is 17.5 Å². The highest BCUT2D eigenvalue weighted by Gasteiger charge is 2.17. The highest BCUT2D eigenvalue weighted by molar-refractivity contribution is 5.84. The van der Waals surface area contributed by atoms with Crippen LogP contribution in [0.1, 0.15) is 23.5 Å². The molecule has 95 valence electrons. The highest BCUT2D eigenvalue weighted by Crippen LogP contribution is 2.33. The lowest BCUT2D eigenvalue weighted by molar-refractivity contribution is 0.637. The van der Waals surface area contributed by atoms with Crippen LogP contribution in [0.4, 0.5) is 4.39 Å². The molecule has 0 aliphatic heterocycles. The molecule has 1 heterocycles. The summed E-state index contributed by atoms with van der Waals surface area (Å²) in [6.07, 6.45) is 2.64. The van der Waals surface area contributed by atoms with Crippen LogP contribution in [-0.2, 0) is 0 Å². The first-order valence-corrected chi connectivity index (χ1v) is 6.41. The fourth-order valence-corrected chi connectivity index (χ4v) is 2.61. The minimum atomic E-state index is -0.209. The molecule has 1 aromatic heterocycles. The number of aromatic nitrogens is 1. The lowest BCUT2D eigenvalue weighted by Gasteiger charge is -2.14. The average Bonchev–Trinajstić information content (AvgIpc) is 2.87. The van der Waals surface area contributed by atoms with E-state index in [1.54, 1.807) is 6.07 Å². The predicted molar refractivity (Wildman–Crippen MR) is 76.5 cm³/mol. The van der Waals surface area contributed by atoms with E-state index in [0.29, 0.717) is 5.52 Å². The minimum Gasteiger partial charge on any atom is -0.358 e. The number of fused-ring (bicyclic) bond motifs is 1. The lowest BCUT2D eigenvalue weighted by atomic mass is 9.89. The van der Waals surface area contributed by atoms with Crippen LogP contribution in [0.15, 0.2) is 54.7 Å². The van der Waals surface area contributed by atoms with E-state index in [0.717, 1.165) is 17.4 Å². The van der Waals surface area contributed by atoms with Crippen molar-refractivity contribution in [3.63, 3.8) is 0 Å². The number of halogens is 1. The number of H-pyrrole nitrogens is 1. The standard InChI is InChI=1S/C17H15FN/c1-2-13(12-7-4-3-5-8-12)15-11-19-17-14(15)9-6-10-16(17)18/h3-11,13,19H,1-2H2. The maximum absolute atomic E-state index is 13.7. The van der Waals surface area contributed by atoms with E-state index in [1.807, 2.05) is 30.5 Å². The molecule has 0 saturated carbocycles. The predicted octanol–water partition coefficient (Wildman–Crippen LogP) is 4.66. The molecule has 0 amide bonds. The summed E-state index contributed by atoms with van der Waals surface area (Å²) in [6, 6.07) is 15.4. The van der Waals surface area contributed by atoms with Crippen molar-refractivity contribution in [3.8, 4) is 0 Å². The molecule has 1 radical (unpaired) electrons. The van der Waals surface area contributed by atoms with Gasteiger partial charge in [-0.2, -0.15) is 0 Å².